The van der Waals surface area contributed by atoms with Crippen LogP contribution in [-0.2, 0) is 0 Å². The first-order valence-corrected chi connectivity index (χ1v) is 7.58. The van der Waals surface area contributed by atoms with Gasteiger partial charge in [0.25, 0.3) is 0 Å². The van der Waals surface area contributed by atoms with Crippen molar-refractivity contribution in [2.45, 2.75) is 58.1 Å². The Kier molecular flexibility index (Phi) is 5.00. The predicted molar refractivity (Wildman–Crippen MR) is 80.3 cm³/mol. The van der Waals surface area contributed by atoms with Gasteiger partial charge in [-0.15, -0.1) is 0 Å². The van der Waals surface area contributed by atoms with Gasteiger partial charge in [-0.25, -0.2) is 0 Å². The molecule has 0 radical (unpaired) electrons. The topological polar surface area (TPSA) is 32.3 Å². The number of aliphatic hydroxyl groups excluding tert-OH is 1. The zero-order valence-corrected chi connectivity index (χ0v) is 12.4. The first-order valence-electron chi connectivity index (χ1n) is 7.58. The Bertz CT molecular complexity index is 402. The third-order valence-electron chi connectivity index (χ3n) is 4.13. The van der Waals surface area contributed by atoms with Crippen LogP contribution in [0, 0.1) is 5.92 Å². The molecule has 0 amide bonds. The van der Waals surface area contributed by atoms with Gasteiger partial charge in [-0.05, 0) is 42.2 Å². The highest BCUT2D eigenvalue weighted by atomic mass is 16.3. The van der Waals surface area contributed by atoms with Crippen LogP contribution >= 0.6 is 0 Å². The summed E-state index contributed by atoms with van der Waals surface area (Å²) >= 11 is 0. The van der Waals surface area contributed by atoms with E-state index in [2.05, 4.69) is 50.4 Å². The molecule has 1 aromatic carbocycles. The lowest BCUT2D eigenvalue weighted by atomic mass is 9.81. The number of hydrogen-bond acceptors (Lipinski definition) is 2. The van der Waals surface area contributed by atoms with Crippen LogP contribution in [-0.4, -0.2) is 17.8 Å². The molecule has 3 unspecified atom stereocenters. The molecule has 0 fully saturated rings. The zero-order chi connectivity index (χ0) is 13.8. The zero-order valence-electron chi connectivity index (χ0n) is 12.4. The molecule has 2 rings (SSSR count). The van der Waals surface area contributed by atoms with E-state index in [1.54, 1.807) is 0 Å². The van der Waals surface area contributed by atoms with E-state index in [-0.39, 0.29) is 6.10 Å². The first-order chi connectivity index (χ1) is 9.08. The molecule has 0 saturated carbocycles. The first kappa shape index (κ1) is 14.5. The second-order valence-corrected chi connectivity index (χ2v) is 6.35. The highest BCUT2D eigenvalue weighted by Crippen LogP contribution is 2.36. The van der Waals surface area contributed by atoms with Crippen LogP contribution in [0.4, 0.5) is 0 Å². The summed E-state index contributed by atoms with van der Waals surface area (Å²) in [5.41, 5.74) is 2.91. The summed E-state index contributed by atoms with van der Waals surface area (Å²) in [5, 5.41) is 13.5. The Morgan fingerprint density at radius 2 is 1.89 bits per heavy atom. The molecule has 0 spiro atoms. The molecule has 1 aromatic rings. The summed E-state index contributed by atoms with van der Waals surface area (Å²) in [6.07, 6.45) is 3.05. The Labute approximate surface area is 117 Å². The Hall–Kier alpha value is -0.860. The van der Waals surface area contributed by atoms with Crippen molar-refractivity contribution in [3.8, 4) is 0 Å². The Morgan fingerprint density at radius 3 is 2.58 bits per heavy atom. The quantitative estimate of drug-likeness (QED) is 0.848. The molecule has 3 atom stereocenters. The van der Waals surface area contributed by atoms with Gasteiger partial charge in [-0.2, -0.15) is 0 Å². The molecule has 0 bridgehead atoms. The lowest BCUT2D eigenvalue weighted by molar-refractivity contribution is 0.141. The molecule has 2 N–H and O–H groups in total. The molecule has 2 nitrogen and oxygen atoms in total. The van der Waals surface area contributed by atoms with Crippen LogP contribution in [0.25, 0.3) is 0 Å². The maximum Gasteiger partial charge on any atom is 0.0667 e. The predicted octanol–water partition coefficient (Wildman–Crippen LogP) is 3.62. The second kappa shape index (κ2) is 6.53. The van der Waals surface area contributed by atoms with Gasteiger partial charge < -0.3 is 10.4 Å². The summed E-state index contributed by atoms with van der Waals surface area (Å²) in [6.45, 7) is 7.32. The number of benzene rings is 1. The molecule has 0 aromatic heterocycles. The van der Waals surface area contributed by atoms with Crippen molar-refractivity contribution < 1.29 is 5.11 Å². The molecular formula is C17H27NO. The van der Waals surface area contributed by atoms with E-state index < -0.39 is 0 Å². The SMILES string of the molecule is CC(C)CC(O)CNC1CCC(C)c2ccccc21. The summed E-state index contributed by atoms with van der Waals surface area (Å²) < 4.78 is 0. The number of hydrogen-bond donors (Lipinski definition) is 2. The minimum absolute atomic E-state index is 0.230. The third-order valence-corrected chi connectivity index (χ3v) is 4.13. The van der Waals surface area contributed by atoms with Gasteiger partial charge in [0.05, 0.1) is 6.10 Å². The van der Waals surface area contributed by atoms with Gasteiger partial charge in [0, 0.05) is 12.6 Å². The van der Waals surface area contributed by atoms with Crippen LogP contribution in [0.1, 0.15) is 63.1 Å². The molecule has 2 heteroatoms. The minimum Gasteiger partial charge on any atom is -0.392 e. The van der Waals surface area contributed by atoms with Crippen molar-refractivity contribution in [2.24, 2.45) is 5.92 Å². The molecular weight excluding hydrogens is 234 g/mol. The summed E-state index contributed by atoms with van der Waals surface area (Å²) in [6, 6.07) is 9.14. The van der Waals surface area contributed by atoms with E-state index in [4.69, 9.17) is 0 Å². The standard InChI is InChI=1S/C17H27NO/c1-12(2)10-14(19)11-18-17-9-8-13(3)15-6-4-5-7-16(15)17/h4-7,12-14,17-19H,8-11H2,1-3H3. The maximum absolute atomic E-state index is 9.99. The highest BCUT2D eigenvalue weighted by molar-refractivity contribution is 5.34. The summed E-state index contributed by atoms with van der Waals surface area (Å²) in [4.78, 5) is 0. The van der Waals surface area contributed by atoms with Crippen LogP contribution in [0.3, 0.4) is 0 Å². The van der Waals surface area contributed by atoms with Crippen LogP contribution in [0.15, 0.2) is 24.3 Å². The fourth-order valence-corrected chi connectivity index (χ4v) is 3.12. The second-order valence-electron chi connectivity index (χ2n) is 6.35. The molecule has 0 aliphatic heterocycles. The molecule has 0 heterocycles. The number of aliphatic hydroxyl groups is 1. The average Bonchev–Trinajstić information content (AvgIpc) is 2.37. The van der Waals surface area contributed by atoms with E-state index in [1.807, 2.05) is 0 Å². The minimum atomic E-state index is -0.230. The highest BCUT2D eigenvalue weighted by Gasteiger charge is 2.24. The molecule has 106 valence electrons. The van der Waals surface area contributed by atoms with Gasteiger partial charge in [-0.1, -0.05) is 45.0 Å². The maximum atomic E-state index is 9.99. The van der Waals surface area contributed by atoms with Crippen LogP contribution in [0.5, 0.6) is 0 Å². The van der Waals surface area contributed by atoms with E-state index in [0.29, 0.717) is 24.4 Å². The molecule has 0 saturated heterocycles. The van der Waals surface area contributed by atoms with Crippen molar-refractivity contribution in [2.75, 3.05) is 6.54 Å². The lowest BCUT2D eigenvalue weighted by Crippen LogP contribution is -2.33. The van der Waals surface area contributed by atoms with Gasteiger partial charge in [-0.3, -0.25) is 0 Å². The number of fused-ring (bicyclic) bond motifs is 1. The van der Waals surface area contributed by atoms with Crippen molar-refractivity contribution >= 4 is 0 Å². The largest absolute Gasteiger partial charge is 0.392 e. The Balaban J connectivity index is 1.97. The lowest BCUT2D eigenvalue weighted by Gasteiger charge is -2.31. The smallest absolute Gasteiger partial charge is 0.0667 e. The monoisotopic (exact) mass is 261 g/mol. The molecule has 19 heavy (non-hydrogen) atoms. The van der Waals surface area contributed by atoms with Crippen molar-refractivity contribution in [1.29, 1.82) is 0 Å². The van der Waals surface area contributed by atoms with Crippen LogP contribution in [0.2, 0.25) is 0 Å². The van der Waals surface area contributed by atoms with E-state index in [0.717, 1.165) is 6.42 Å². The van der Waals surface area contributed by atoms with Crippen molar-refractivity contribution in [3.05, 3.63) is 35.4 Å². The van der Waals surface area contributed by atoms with E-state index in [9.17, 15) is 5.11 Å². The summed E-state index contributed by atoms with van der Waals surface area (Å²) in [7, 11) is 0. The van der Waals surface area contributed by atoms with Gasteiger partial charge in [0.15, 0.2) is 0 Å². The van der Waals surface area contributed by atoms with Gasteiger partial charge in [0.2, 0.25) is 0 Å². The van der Waals surface area contributed by atoms with Gasteiger partial charge in [0.1, 0.15) is 0 Å². The van der Waals surface area contributed by atoms with Gasteiger partial charge >= 0.3 is 0 Å². The van der Waals surface area contributed by atoms with E-state index in [1.165, 1.54) is 24.0 Å². The summed E-state index contributed by atoms with van der Waals surface area (Å²) in [5.74, 6) is 1.21. The number of rotatable bonds is 5. The fourth-order valence-electron chi connectivity index (χ4n) is 3.12. The van der Waals surface area contributed by atoms with Crippen molar-refractivity contribution in [3.63, 3.8) is 0 Å². The fraction of sp³-hybridized carbons (Fsp3) is 0.647. The third kappa shape index (κ3) is 3.80. The Morgan fingerprint density at radius 1 is 1.21 bits per heavy atom. The molecule has 1 aliphatic rings. The normalized spacial score (nSPS) is 24.3. The molecule has 1 aliphatic carbocycles. The number of nitrogens with one attached hydrogen (secondary N) is 1. The van der Waals surface area contributed by atoms with E-state index >= 15 is 0 Å². The average molecular weight is 261 g/mol. The van der Waals surface area contributed by atoms with Crippen LogP contribution < -0.4 is 5.32 Å². The van der Waals surface area contributed by atoms with Crippen molar-refractivity contribution in [1.82, 2.24) is 5.32 Å².